The number of hydrogen-bond donors (Lipinski definition) is 1. The van der Waals surface area contributed by atoms with E-state index >= 15 is 0 Å². The summed E-state index contributed by atoms with van der Waals surface area (Å²) in [6.07, 6.45) is -2.87. The van der Waals surface area contributed by atoms with Crippen LogP contribution in [0.15, 0.2) is 6.07 Å². The molecule has 0 amide bonds. The zero-order chi connectivity index (χ0) is 11.6. The molecular weight excluding hydrogens is 251 g/mol. The van der Waals surface area contributed by atoms with Crippen molar-refractivity contribution in [3.63, 3.8) is 0 Å². The minimum Gasteiger partial charge on any atom is -0.478 e. The van der Waals surface area contributed by atoms with Crippen molar-refractivity contribution in [2.75, 3.05) is 0 Å². The van der Waals surface area contributed by atoms with Gasteiger partial charge in [0.2, 0.25) is 0 Å². The van der Waals surface area contributed by atoms with Crippen LogP contribution in [0.5, 0.6) is 0 Å². The van der Waals surface area contributed by atoms with Crippen LogP contribution in [0.1, 0.15) is 28.0 Å². The van der Waals surface area contributed by atoms with Gasteiger partial charge in [0, 0.05) is 5.56 Å². The number of aromatic nitrogens is 1. The number of pyridine rings is 1. The SMILES string of the molecule is O=C(O)c1cc(C(F)F)nc(Cl)c1CCl. The van der Waals surface area contributed by atoms with Crippen molar-refractivity contribution >= 4 is 29.2 Å². The molecule has 1 N–H and O–H groups in total. The molecule has 15 heavy (non-hydrogen) atoms. The summed E-state index contributed by atoms with van der Waals surface area (Å²) < 4.78 is 24.6. The highest BCUT2D eigenvalue weighted by atomic mass is 35.5. The first-order chi connectivity index (χ1) is 6.97. The van der Waals surface area contributed by atoms with Crippen LogP contribution < -0.4 is 0 Å². The smallest absolute Gasteiger partial charge is 0.336 e. The number of carbonyl (C=O) groups is 1. The zero-order valence-electron chi connectivity index (χ0n) is 7.18. The Morgan fingerprint density at radius 3 is 2.60 bits per heavy atom. The first-order valence-corrected chi connectivity index (χ1v) is 4.65. The topological polar surface area (TPSA) is 50.2 Å². The van der Waals surface area contributed by atoms with Crippen LogP contribution >= 0.6 is 23.2 Å². The number of nitrogens with zero attached hydrogens (tertiary/aromatic N) is 1. The van der Waals surface area contributed by atoms with Gasteiger partial charge >= 0.3 is 5.97 Å². The lowest BCUT2D eigenvalue weighted by molar-refractivity contribution is 0.0695. The first kappa shape index (κ1) is 12.1. The summed E-state index contributed by atoms with van der Waals surface area (Å²) in [4.78, 5) is 14.1. The van der Waals surface area contributed by atoms with Crippen LogP contribution in [-0.4, -0.2) is 16.1 Å². The molecule has 1 rings (SSSR count). The monoisotopic (exact) mass is 255 g/mol. The fraction of sp³-hybridized carbons (Fsp3) is 0.250. The summed E-state index contributed by atoms with van der Waals surface area (Å²) in [5.74, 6) is -1.56. The van der Waals surface area contributed by atoms with E-state index in [1.54, 1.807) is 0 Å². The average molecular weight is 256 g/mol. The number of alkyl halides is 3. The third-order valence-corrected chi connectivity index (χ3v) is 2.26. The maximum absolute atomic E-state index is 12.3. The second-order valence-corrected chi connectivity index (χ2v) is 3.23. The molecule has 0 aliphatic rings. The van der Waals surface area contributed by atoms with Gasteiger partial charge in [-0.2, -0.15) is 0 Å². The minimum atomic E-state index is -2.87. The van der Waals surface area contributed by atoms with Crippen molar-refractivity contribution in [1.82, 2.24) is 4.98 Å². The number of carboxylic acid groups (broad SMARTS) is 1. The second kappa shape index (κ2) is 4.72. The van der Waals surface area contributed by atoms with Gasteiger partial charge in [-0.1, -0.05) is 11.6 Å². The van der Waals surface area contributed by atoms with Crippen molar-refractivity contribution in [3.05, 3.63) is 28.0 Å². The van der Waals surface area contributed by atoms with Gasteiger partial charge in [-0.3, -0.25) is 0 Å². The van der Waals surface area contributed by atoms with Crippen molar-refractivity contribution in [2.24, 2.45) is 0 Å². The molecule has 0 unspecified atom stereocenters. The molecule has 0 aliphatic carbocycles. The van der Waals surface area contributed by atoms with Crippen molar-refractivity contribution in [3.8, 4) is 0 Å². The standard InChI is InChI=1S/C8H5Cl2F2NO2/c9-2-4-3(8(14)15)1-5(7(11)12)13-6(4)10/h1,7H,2H2,(H,14,15). The molecule has 82 valence electrons. The van der Waals surface area contributed by atoms with E-state index in [0.717, 1.165) is 6.07 Å². The number of carboxylic acids is 1. The largest absolute Gasteiger partial charge is 0.478 e. The van der Waals surface area contributed by atoms with Crippen LogP contribution in [0.3, 0.4) is 0 Å². The number of aromatic carboxylic acids is 1. The van der Waals surface area contributed by atoms with Crippen LogP contribution in [0.4, 0.5) is 8.78 Å². The average Bonchev–Trinajstić information content (AvgIpc) is 2.16. The molecule has 1 aromatic rings. The Hall–Kier alpha value is -0.940. The molecule has 7 heteroatoms. The number of rotatable bonds is 3. The van der Waals surface area contributed by atoms with Crippen molar-refractivity contribution in [2.45, 2.75) is 12.3 Å². The first-order valence-electron chi connectivity index (χ1n) is 3.74. The molecule has 1 heterocycles. The molecule has 3 nitrogen and oxygen atoms in total. The molecule has 0 spiro atoms. The second-order valence-electron chi connectivity index (χ2n) is 2.60. The highest BCUT2D eigenvalue weighted by molar-refractivity contribution is 6.31. The third-order valence-electron chi connectivity index (χ3n) is 1.68. The highest BCUT2D eigenvalue weighted by Crippen LogP contribution is 2.26. The normalized spacial score (nSPS) is 10.7. The molecule has 0 aliphatic heterocycles. The maximum Gasteiger partial charge on any atom is 0.336 e. The Bertz CT molecular complexity index is 398. The summed E-state index contributed by atoms with van der Waals surface area (Å²) in [6, 6.07) is 0.774. The van der Waals surface area contributed by atoms with E-state index < -0.39 is 18.1 Å². The van der Waals surface area contributed by atoms with E-state index in [-0.39, 0.29) is 22.2 Å². The van der Waals surface area contributed by atoms with Gasteiger partial charge in [0.25, 0.3) is 6.43 Å². The predicted octanol–water partition coefficient (Wildman–Crippen LogP) is 3.11. The fourth-order valence-corrected chi connectivity index (χ4v) is 1.59. The molecule has 0 radical (unpaired) electrons. The Morgan fingerprint density at radius 1 is 1.60 bits per heavy atom. The van der Waals surface area contributed by atoms with Crippen LogP contribution in [0.25, 0.3) is 0 Å². The lowest BCUT2D eigenvalue weighted by Gasteiger charge is -2.07. The van der Waals surface area contributed by atoms with E-state index in [1.165, 1.54) is 0 Å². The fourth-order valence-electron chi connectivity index (χ4n) is 0.989. The van der Waals surface area contributed by atoms with Crippen LogP contribution in [0.2, 0.25) is 5.15 Å². The van der Waals surface area contributed by atoms with Gasteiger partial charge in [-0.25, -0.2) is 18.6 Å². The van der Waals surface area contributed by atoms with E-state index in [9.17, 15) is 13.6 Å². The molecule has 1 aromatic heterocycles. The lowest BCUT2D eigenvalue weighted by atomic mass is 10.1. The van der Waals surface area contributed by atoms with Gasteiger partial charge in [0.1, 0.15) is 10.8 Å². The Labute approximate surface area is 93.6 Å². The van der Waals surface area contributed by atoms with E-state index in [0.29, 0.717) is 0 Å². The summed E-state index contributed by atoms with van der Waals surface area (Å²) in [5, 5.41) is 8.43. The van der Waals surface area contributed by atoms with E-state index in [2.05, 4.69) is 4.98 Å². The van der Waals surface area contributed by atoms with E-state index in [4.69, 9.17) is 28.3 Å². The Kier molecular flexibility index (Phi) is 3.82. The minimum absolute atomic E-state index is 0.0373. The lowest BCUT2D eigenvalue weighted by Crippen LogP contribution is -2.06. The summed E-state index contributed by atoms with van der Waals surface area (Å²) >= 11 is 11.0. The van der Waals surface area contributed by atoms with Gasteiger partial charge in [0.05, 0.1) is 11.4 Å². The molecule has 0 bridgehead atoms. The summed E-state index contributed by atoms with van der Waals surface area (Å²) in [6.45, 7) is 0. The number of halogens is 4. The molecule has 0 atom stereocenters. The molecule has 0 fully saturated rings. The van der Waals surface area contributed by atoms with E-state index in [1.807, 2.05) is 0 Å². The Morgan fingerprint density at radius 2 is 2.20 bits per heavy atom. The highest BCUT2D eigenvalue weighted by Gasteiger charge is 2.19. The van der Waals surface area contributed by atoms with Crippen molar-refractivity contribution in [1.29, 1.82) is 0 Å². The van der Waals surface area contributed by atoms with Gasteiger partial charge in [-0.15, -0.1) is 11.6 Å². The van der Waals surface area contributed by atoms with Gasteiger partial charge < -0.3 is 5.11 Å². The molecule has 0 saturated heterocycles. The summed E-state index contributed by atoms with van der Waals surface area (Å²) in [7, 11) is 0. The third kappa shape index (κ3) is 2.54. The maximum atomic E-state index is 12.3. The van der Waals surface area contributed by atoms with Crippen LogP contribution in [0, 0.1) is 0 Å². The van der Waals surface area contributed by atoms with Crippen molar-refractivity contribution < 1.29 is 18.7 Å². The Balaban J connectivity index is 3.38. The van der Waals surface area contributed by atoms with Crippen LogP contribution in [-0.2, 0) is 5.88 Å². The molecule has 0 aromatic carbocycles. The quantitative estimate of drug-likeness (QED) is 0.667. The predicted molar refractivity (Wildman–Crippen MR) is 50.7 cm³/mol. The zero-order valence-corrected chi connectivity index (χ0v) is 8.69. The molecule has 0 saturated carbocycles. The number of hydrogen-bond acceptors (Lipinski definition) is 2. The summed E-state index contributed by atoms with van der Waals surface area (Å²) in [5.41, 5.74) is -0.984. The molecular formula is C8H5Cl2F2NO2. The van der Waals surface area contributed by atoms with Gasteiger partial charge in [0.15, 0.2) is 0 Å². The van der Waals surface area contributed by atoms with Gasteiger partial charge in [-0.05, 0) is 6.07 Å².